The Bertz CT molecular complexity index is 596. The maximum atomic E-state index is 10.9. The first-order valence-electron chi connectivity index (χ1n) is 5.49. The number of aromatic carboxylic acids is 1. The molecular formula is C13H12N2O4. The number of aromatic nitrogens is 2. The van der Waals surface area contributed by atoms with Crippen LogP contribution in [-0.2, 0) is 0 Å². The topological polar surface area (TPSA) is 81.5 Å². The van der Waals surface area contributed by atoms with Gasteiger partial charge in [0.2, 0.25) is 0 Å². The molecule has 0 aliphatic rings. The Balaban J connectivity index is 2.24. The fourth-order valence-electron chi connectivity index (χ4n) is 1.45. The second-order valence-electron chi connectivity index (χ2n) is 3.76. The van der Waals surface area contributed by atoms with Crippen molar-refractivity contribution in [1.82, 2.24) is 9.97 Å². The number of nitrogens with zero attached hydrogens (tertiary/aromatic N) is 2. The molecule has 1 heterocycles. The second-order valence-corrected chi connectivity index (χ2v) is 3.76. The molecule has 1 N–H and O–H groups in total. The summed E-state index contributed by atoms with van der Waals surface area (Å²) in [5, 5.41) is 8.91. The number of carboxylic acids is 1. The minimum atomic E-state index is -1.12. The molecule has 1 aromatic heterocycles. The molecule has 0 aliphatic carbocycles. The first-order chi connectivity index (χ1) is 9.08. The van der Waals surface area contributed by atoms with E-state index in [4.69, 9.17) is 14.6 Å². The second kappa shape index (κ2) is 5.34. The van der Waals surface area contributed by atoms with Crippen LogP contribution < -0.4 is 9.47 Å². The lowest BCUT2D eigenvalue weighted by atomic mass is 10.3. The monoisotopic (exact) mass is 260 g/mol. The summed E-state index contributed by atoms with van der Waals surface area (Å²) < 4.78 is 10.4. The highest BCUT2D eigenvalue weighted by molar-refractivity contribution is 5.85. The number of hydrogen-bond acceptors (Lipinski definition) is 5. The Morgan fingerprint density at radius 2 is 1.79 bits per heavy atom. The third-order valence-electron chi connectivity index (χ3n) is 2.32. The zero-order chi connectivity index (χ0) is 13.8. The van der Waals surface area contributed by atoms with Gasteiger partial charge in [-0.25, -0.2) is 9.78 Å². The molecule has 0 spiro atoms. The van der Waals surface area contributed by atoms with E-state index < -0.39 is 5.97 Å². The van der Waals surface area contributed by atoms with Gasteiger partial charge >= 0.3 is 12.0 Å². The molecule has 0 aliphatic heterocycles. The first kappa shape index (κ1) is 12.8. The average molecular weight is 260 g/mol. The van der Waals surface area contributed by atoms with Gasteiger partial charge in [-0.05, 0) is 37.3 Å². The van der Waals surface area contributed by atoms with E-state index >= 15 is 0 Å². The van der Waals surface area contributed by atoms with E-state index in [0.717, 1.165) is 0 Å². The van der Waals surface area contributed by atoms with Crippen LogP contribution in [0.2, 0.25) is 0 Å². The van der Waals surface area contributed by atoms with Crippen molar-refractivity contribution in [3.63, 3.8) is 0 Å². The largest absolute Gasteiger partial charge is 0.497 e. The predicted octanol–water partition coefficient (Wildman–Crippen LogP) is 2.28. The third-order valence-corrected chi connectivity index (χ3v) is 2.32. The average Bonchev–Trinajstić information content (AvgIpc) is 2.39. The van der Waals surface area contributed by atoms with Gasteiger partial charge in [-0.15, -0.1) is 0 Å². The SMILES string of the molecule is COc1ccc(Oc2nc(C)cc(C(=O)O)n2)cc1. The molecule has 0 amide bonds. The van der Waals surface area contributed by atoms with Crippen LogP contribution in [0.1, 0.15) is 16.2 Å². The van der Waals surface area contributed by atoms with Crippen molar-refractivity contribution in [2.24, 2.45) is 0 Å². The van der Waals surface area contributed by atoms with Crippen LogP contribution in [0.25, 0.3) is 0 Å². The molecule has 0 radical (unpaired) electrons. The van der Waals surface area contributed by atoms with E-state index in [1.54, 1.807) is 38.3 Å². The number of aryl methyl sites for hydroxylation is 1. The van der Waals surface area contributed by atoms with Crippen LogP contribution in [0, 0.1) is 6.92 Å². The zero-order valence-electron chi connectivity index (χ0n) is 10.5. The van der Waals surface area contributed by atoms with Crippen LogP contribution in [0.3, 0.4) is 0 Å². The maximum Gasteiger partial charge on any atom is 0.354 e. The highest BCUT2D eigenvalue weighted by atomic mass is 16.5. The molecular weight excluding hydrogens is 248 g/mol. The van der Waals surface area contributed by atoms with Crippen LogP contribution in [0.5, 0.6) is 17.5 Å². The van der Waals surface area contributed by atoms with Crippen molar-refractivity contribution in [2.75, 3.05) is 7.11 Å². The lowest BCUT2D eigenvalue weighted by Gasteiger charge is -2.06. The summed E-state index contributed by atoms with van der Waals surface area (Å²) in [6.07, 6.45) is 0. The minimum absolute atomic E-state index is 0.00238. The fraction of sp³-hybridized carbons (Fsp3) is 0.154. The van der Waals surface area contributed by atoms with Gasteiger partial charge in [-0.2, -0.15) is 4.98 Å². The Morgan fingerprint density at radius 3 is 2.37 bits per heavy atom. The molecule has 98 valence electrons. The molecule has 0 bridgehead atoms. The summed E-state index contributed by atoms with van der Waals surface area (Å²) in [7, 11) is 1.57. The van der Waals surface area contributed by atoms with Gasteiger partial charge < -0.3 is 14.6 Å². The normalized spacial score (nSPS) is 10.0. The Hall–Kier alpha value is -2.63. The van der Waals surface area contributed by atoms with Crippen LogP contribution in [-0.4, -0.2) is 28.2 Å². The summed E-state index contributed by atoms with van der Waals surface area (Å²) in [4.78, 5) is 18.7. The smallest absolute Gasteiger partial charge is 0.354 e. The molecule has 0 atom stereocenters. The van der Waals surface area contributed by atoms with Gasteiger partial charge in [-0.1, -0.05) is 0 Å². The molecule has 1 aromatic carbocycles. The maximum absolute atomic E-state index is 10.9. The van der Waals surface area contributed by atoms with E-state index in [0.29, 0.717) is 17.2 Å². The van der Waals surface area contributed by atoms with Gasteiger partial charge in [0.25, 0.3) is 0 Å². The van der Waals surface area contributed by atoms with Crippen LogP contribution in [0.4, 0.5) is 0 Å². The van der Waals surface area contributed by atoms with Gasteiger partial charge in [0, 0.05) is 5.69 Å². The van der Waals surface area contributed by atoms with E-state index in [9.17, 15) is 4.79 Å². The van der Waals surface area contributed by atoms with Gasteiger partial charge in [0.1, 0.15) is 11.5 Å². The summed E-state index contributed by atoms with van der Waals surface area (Å²) in [6.45, 7) is 1.68. The zero-order valence-corrected chi connectivity index (χ0v) is 10.5. The number of benzene rings is 1. The highest BCUT2D eigenvalue weighted by Crippen LogP contribution is 2.21. The molecule has 0 unspecified atom stereocenters. The fourth-order valence-corrected chi connectivity index (χ4v) is 1.45. The Morgan fingerprint density at radius 1 is 1.16 bits per heavy atom. The Kier molecular flexibility index (Phi) is 3.61. The summed E-state index contributed by atoms with van der Waals surface area (Å²) in [5.41, 5.74) is 0.423. The number of carboxylic acid groups (broad SMARTS) is 1. The standard InChI is InChI=1S/C13H12N2O4/c1-8-7-11(12(16)17)15-13(14-8)19-10-5-3-9(18-2)4-6-10/h3-7H,1-2H3,(H,16,17). The first-order valence-corrected chi connectivity index (χ1v) is 5.49. The van der Waals surface area contributed by atoms with Crippen molar-refractivity contribution in [3.8, 4) is 17.5 Å². The van der Waals surface area contributed by atoms with Crippen molar-refractivity contribution in [1.29, 1.82) is 0 Å². The molecule has 6 nitrogen and oxygen atoms in total. The quantitative estimate of drug-likeness (QED) is 0.908. The predicted molar refractivity (Wildman–Crippen MR) is 66.8 cm³/mol. The van der Waals surface area contributed by atoms with Crippen LogP contribution in [0.15, 0.2) is 30.3 Å². The molecule has 0 fully saturated rings. The summed E-state index contributed by atoms with van der Waals surface area (Å²) in [6, 6.07) is 8.20. The number of methoxy groups -OCH3 is 1. The number of hydrogen-bond donors (Lipinski definition) is 1. The molecule has 19 heavy (non-hydrogen) atoms. The molecule has 2 aromatic rings. The third kappa shape index (κ3) is 3.19. The van der Waals surface area contributed by atoms with Crippen molar-refractivity contribution >= 4 is 5.97 Å². The van der Waals surface area contributed by atoms with Crippen molar-refractivity contribution in [2.45, 2.75) is 6.92 Å². The lowest BCUT2D eigenvalue weighted by Crippen LogP contribution is -2.04. The van der Waals surface area contributed by atoms with E-state index in [1.165, 1.54) is 6.07 Å². The number of rotatable bonds is 4. The van der Waals surface area contributed by atoms with E-state index in [1.807, 2.05) is 0 Å². The van der Waals surface area contributed by atoms with Gasteiger partial charge in [-0.3, -0.25) is 0 Å². The molecule has 6 heteroatoms. The number of carbonyl (C=O) groups is 1. The molecule has 0 saturated heterocycles. The highest BCUT2D eigenvalue weighted by Gasteiger charge is 2.10. The van der Waals surface area contributed by atoms with Crippen molar-refractivity contribution < 1.29 is 19.4 Å². The van der Waals surface area contributed by atoms with Gasteiger partial charge in [0.15, 0.2) is 5.69 Å². The summed E-state index contributed by atoms with van der Waals surface area (Å²) in [5.74, 6) is 0.0801. The molecule has 2 rings (SSSR count). The van der Waals surface area contributed by atoms with Crippen molar-refractivity contribution in [3.05, 3.63) is 41.7 Å². The van der Waals surface area contributed by atoms with Crippen LogP contribution >= 0.6 is 0 Å². The lowest BCUT2D eigenvalue weighted by molar-refractivity contribution is 0.0689. The summed E-state index contributed by atoms with van der Waals surface area (Å²) >= 11 is 0. The molecule has 0 saturated carbocycles. The van der Waals surface area contributed by atoms with E-state index in [-0.39, 0.29) is 11.7 Å². The Labute approximate surface area is 109 Å². The number of ether oxygens (including phenoxy) is 2. The minimum Gasteiger partial charge on any atom is -0.497 e. The van der Waals surface area contributed by atoms with Gasteiger partial charge in [0.05, 0.1) is 7.11 Å². The van der Waals surface area contributed by atoms with E-state index in [2.05, 4.69) is 9.97 Å².